The van der Waals surface area contributed by atoms with Crippen LogP contribution in [0.15, 0.2) is 57.0 Å². The number of benzene rings is 1. The summed E-state index contributed by atoms with van der Waals surface area (Å²) < 4.78 is 34.2. The van der Waals surface area contributed by atoms with Crippen molar-refractivity contribution in [2.24, 2.45) is 0 Å². The first-order valence-corrected chi connectivity index (χ1v) is 13.2. The van der Waals surface area contributed by atoms with E-state index in [1.54, 1.807) is 42.4 Å². The Morgan fingerprint density at radius 3 is 2.70 bits per heavy atom. The summed E-state index contributed by atoms with van der Waals surface area (Å²) in [5.41, 5.74) is 2.39. The van der Waals surface area contributed by atoms with Gasteiger partial charge in [0.05, 0.1) is 22.8 Å². The lowest BCUT2D eigenvalue weighted by molar-refractivity contribution is 0.0783. The average Bonchev–Trinajstić information content (AvgIpc) is 3.11. The summed E-state index contributed by atoms with van der Waals surface area (Å²) in [6, 6.07) is 9.91. The van der Waals surface area contributed by atoms with Crippen molar-refractivity contribution in [3.63, 3.8) is 0 Å². The van der Waals surface area contributed by atoms with Gasteiger partial charge < -0.3 is 14.2 Å². The van der Waals surface area contributed by atoms with Crippen LogP contribution in [-0.4, -0.2) is 55.8 Å². The summed E-state index contributed by atoms with van der Waals surface area (Å²) in [5.74, 6) is 1.74. The summed E-state index contributed by atoms with van der Waals surface area (Å²) >= 11 is 1.48. The lowest BCUT2D eigenvalue weighted by Gasteiger charge is -2.18. The van der Waals surface area contributed by atoms with Gasteiger partial charge in [0.25, 0.3) is 5.91 Å². The fourth-order valence-electron chi connectivity index (χ4n) is 3.11. The van der Waals surface area contributed by atoms with Crippen molar-refractivity contribution < 1.29 is 22.5 Å². The van der Waals surface area contributed by atoms with Crippen molar-refractivity contribution in [1.82, 2.24) is 15.0 Å². The molecule has 0 aliphatic rings. The van der Waals surface area contributed by atoms with Crippen LogP contribution in [0.3, 0.4) is 0 Å². The van der Waals surface area contributed by atoms with Crippen LogP contribution in [0.2, 0.25) is 0 Å². The number of nitrogens with zero attached hydrogens (tertiary/aromatic N) is 3. The lowest BCUT2D eigenvalue weighted by Crippen LogP contribution is -2.29. The first-order valence-electron chi connectivity index (χ1n) is 10.3. The van der Waals surface area contributed by atoms with Crippen LogP contribution in [0.4, 0.5) is 0 Å². The SMILES string of the molecule is Cc1noc(C)c1CSc1ncccc1C(=O)N(C)CCCOc1cccc(S(C)(=O)=O)c1. The number of carbonyl (C=O) groups is 1. The highest BCUT2D eigenvalue weighted by Crippen LogP contribution is 2.27. The van der Waals surface area contributed by atoms with Gasteiger partial charge >= 0.3 is 0 Å². The van der Waals surface area contributed by atoms with Gasteiger partial charge in [-0.3, -0.25) is 4.79 Å². The number of hydrogen-bond acceptors (Lipinski definition) is 8. The van der Waals surface area contributed by atoms with Crippen LogP contribution in [-0.2, 0) is 15.6 Å². The summed E-state index contributed by atoms with van der Waals surface area (Å²) in [5, 5.41) is 4.62. The summed E-state index contributed by atoms with van der Waals surface area (Å²) in [7, 11) is -1.55. The molecule has 0 radical (unpaired) electrons. The third-order valence-electron chi connectivity index (χ3n) is 5.02. The van der Waals surface area contributed by atoms with Crippen molar-refractivity contribution >= 4 is 27.5 Å². The quantitative estimate of drug-likeness (QED) is 0.312. The highest BCUT2D eigenvalue weighted by Gasteiger charge is 2.18. The third kappa shape index (κ3) is 6.58. The molecule has 0 bridgehead atoms. The molecule has 0 fully saturated rings. The minimum atomic E-state index is -3.29. The smallest absolute Gasteiger partial charge is 0.256 e. The first kappa shape index (κ1) is 24.8. The number of aromatic nitrogens is 2. The van der Waals surface area contributed by atoms with Gasteiger partial charge in [-0.25, -0.2) is 13.4 Å². The van der Waals surface area contributed by atoms with Gasteiger partial charge in [0.15, 0.2) is 9.84 Å². The Labute approximate surface area is 198 Å². The van der Waals surface area contributed by atoms with Gasteiger partial charge in [0.1, 0.15) is 16.5 Å². The number of ether oxygens (including phenoxy) is 1. The maximum Gasteiger partial charge on any atom is 0.256 e. The molecule has 2 heterocycles. The zero-order chi connectivity index (χ0) is 24.0. The molecule has 2 aromatic heterocycles. The van der Waals surface area contributed by atoms with E-state index in [9.17, 15) is 13.2 Å². The molecule has 1 aromatic carbocycles. The number of rotatable bonds is 10. The van der Waals surface area contributed by atoms with Crippen LogP contribution < -0.4 is 4.74 Å². The van der Waals surface area contributed by atoms with Crippen molar-refractivity contribution in [2.75, 3.05) is 26.5 Å². The van der Waals surface area contributed by atoms with Crippen LogP contribution in [0, 0.1) is 13.8 Å². The molecule has 176 valence electrons. The van der Waals surface area contributed by atoms with Crippen LogP contribution >= 0.6 is 11.8 Å². The summed E-state index contributed by atoms with van der Waals surface area (Å²) in [4.78, 5) is 19.3. The van der Waals surface area contributed by atoms with Crippen molar-refractivity contribution in [3.8, 4) is 5.75 Å². The molecule has 33 heavy (non-hydrogen) atoms. The molecule has 0 saturated heterocycles. The normalized spacial score (nSPS) is 11.4. The summed E-state index contributed by atoms with van der Waals surface area (Å²) in [6.07, 6.45) is 3.42. The van der Waals surface area contributed by atoms with Crippen molar-refractivity contribution in [3.05, 3.63) is 65.2 Å². The molecule has 0 saturated carbocycles. The van der Waals surface area contributed by atoms with E-state index in [4.69, 9.17) is 9.26 Å². The fraction of sp³-hybridized carbons (Fsp3) is 0.348. The number of amides is 1. The zero-order valence-electron chi connectivity index (χ0n) is 19.1. The number of pyridine rings is 1. The predicted molar refractivity (Wildman–Crippen MR) is 126 cm³/mol. The maximum absolute atomic E-state index is 13.0. The molecule has 8 nitrogen and oxygen atoms in total. The fourth-order valence-corrected chi connectivity index (χ4v) is 4.91. The molecule has 3 aromatic rings. The zero-order valence-corrected chi connectivity index (χ0v) is 20.7. The number of carbonyl (C=O) groups excluding carboxylic acids is 1. The second-order valence-electron chi connectivity index (χ2n) is 7.62. The van der Waals surface area contributed by atoms with E-state index in [0.717, 1.165) is 23.3 Å². The van der Waals surface area contributed by atoms with Gasteiger partial charge in [-0.05, 0) is 50.6 Å². The highest BCUT2D eigenvalue weighted by molar-refractivity contribution is 7.98. The number of aryl methyl sites for hydroxylation is 2. The van der Waals surface area contributed by atoms with E-state index in [1.165, 1.54) is 23.9 Å². The molecule has 3 rings (SSSR count). The molecule has 0 aliphatic carbocycles. The van der Waals surface area contributed by atoms with E-state index in [0.29, 0.717) is 41.7 Å². The van der Waals surface area contributed by atoms with E-state index in [1.807, 2.05) is 13.8 Å². The van der Waals surface area contributed by atoms with Gasteiger partial charge in [0, 0.05) is 37.4 Å². The van der Waals surface area contributed by atoms with Gasteiger partial charge in [-0.15, -0.1) is 11.8 Å². The third-order valence-corrected chi connectivity index (χ3v) is 7.16. The minimum absolute atomic E-state index is 0.122. The highest BCUT2D eigenvalue weighted by atomic mass is 32.2. The molecular weight excluding hydrogens is 462 g/mol. The van der Waals surface area contributed by atoms with Crippen molar-refractivity contribution in [2.45, 2.75) is 35.9 Å². The number of thioether (sulfide) groups is 1. The predicted octanol–water partition coefficient (Wildman–Crippen LogP) is 3.92. The molecule has 10 heteroatoms. The molecule has 0 spiro atoms. The largest absolute Gasteiger partial charge is 0.493 e. The molecular formula is C23H27N3O5S2. The van der Waals surface area contributed by atoms with Crippen molar-refractivity contribution in [1.29, 1.82) is 0 Å². The van der Waals surface area contributed by atoms with Crippen LogP contribution in [0.25, 0.3) is 0 Å². The second kappa shape index (κ2) is 10.8. The van der Waals surface area contributed by atoms with Crippen LogP contribution in [0.1, 0.15) is 33.8 Å². The van der Waals surface area contributed by atoms with E-state index in [2.05, 4.69) is 10.1 Å². The number of hydrogen-bond donors (Lipinski definition) is 0. The topological polar surface area (TPSA) is 103 Å². The van der Waals surface area contributed by atoms with Gasteiger partial charge in [-0.2, -0.15) is 0 Å². The Morgan fingerprint density at radius 2 is 2.00 bits per heavy atom. The number of sulfone groups is 1. The molecule has 0 aliphatic heterocycles. The molecule has 0 N–H and O–H groups in total. The monoisotopic (exact) mass is 489 g/mol. The average molecular weight is 490 g/mol. The van der Waals surface area contributed by atoms with E-state index >= 15 is 0 Å². The maximum atomic E-state index is 13.0. The second-order valence-corrected chi connectivity index (χ2v) is 10.6. The lowest BCUT2D eigenvalue weighted by atomic mass is 10.2. The minimum Gasteiger partial charge on any atom is -0.493 e. The van der Waals surface area contributed by atoms with E-state index < -0.39 is 9.84 Å². The standard InChI is InChI=1S/C23H27N3O5S2/c1-16-21(17(2)31-25-16)15-32-22-20(10-6-11-24-22)23(27)26(3)12-7-13-30-18-8-5-9-19(14-18)33(4,28)29/h5-6,8-11,14H,7,12-13,15H2,1-4H3. The van der Waals surface area contributed by atoms with Gasteiger partial charge in [-0.1, -0.05) is 11.2 Å². The molecule has 1 amide bonds. The Bertz CT molecular complexity index is 1200. The van der Waals surface area contributed by atoms with Crippen LogP contribution in [0.5, 0.6) is 5.75 Å². The van der Waals surface area contributed by atoms with Gasteiger partial charge in [0.2, 0.25) is 0 Å². The van der Waals surface area contributed by atoms with E-state index in [-0.39, 0.29) is 10.8 Å². The Kier molecular flexibility index (Phi) is 8.15. The molecule has 0 unspecified atom stereocenters. The Morgan fingerprint density at radius 1 is 1.21 bits per heavy atom. The Balaban J connectivity index is 1.55. The Hall–Kier alpha value is -2.85. The summed E-state index contributed by atoms with van der Waals surface area (Å²) in [6.45, 7) is 4.59. The molecule has 0 atom stereocenters. The first-order chi connectivity index (χ1) is 15.7.